The van der Waals surface area contributed by atoms with Crippen molar-refractivity contribution < 1.29 is 14.3 Å². The van der Waals surface area contributed by atoms with Crippen molar-refractivity contribution in [2.45, 2.75) is 38.6 Å². The highest BCUT2D eigenvalue weighted by Crippen LogP contribution is 2.29. The SMILES string of the molecule is COc1ccc(C)cc1CC(=O)N1CCC(c2ccc(C(=O)NCc3ccn4ccnc4c3)cc2)CC1. The first-order valence-corrected chi connectivity index (χ1v) is 12.7. The van der Waals surface area contributed by atoms with Crippen molar-refractivity contribution in [3.8, 4) is 5.75 Å². The molecule has 190 valence electrons. The number of hydrogen-bond donors (Lipinski definition) is 1. The molecule has 7 nitrogen and oxygen atoms in total. The summed E-state index contributed by atoms with van der Waals surface area (Å²) in [6, 6.07) is 17.8. The topological polar surface area (TPSA) is 75.9 Å². The Morgan fingerprint density at radius 1 is 1.03 bits per heavy atom. The molecule has 0 bridgehead atoms. The number of carbonyl (C=O) groups excluding carboxylic acids is 2. The van der Waals surface area contributed by atoms with Gasteiger partial charge in [0.05, 0.1) is 13.5 Å². The van der Waals surface area contributed by atoms with Gasteiger partial charge in [0.25, 0.3) is 5.91 Å². The van der Waals surface area contributed by atoms with Crippen LogP contribution in [0.1, 0.15) is 51.4 Å². The number of nitrogens with one attached hydrogen (secondary N) is 1. The fourth-order valence-electron chi connectivity index (χ4n) is 5.04. The first-order chi connectivity index (χ1) is 18.0. The quantitative estimate of drug-likeness (QED) is 0.408. The number of piperidine rings is 1. The van der Waals surface area contributed by atoms with Crippen molar-refractivity contribution in [3.63, 3.8) is 0 Å². The largest absolute Gasteiger partial charge is 0.496 e. The predicted octanol–water partition coefficient (Wildman–Crippen LogP) is 4.53. The minimum Gasteiger partial charge on any atom is -0.496 e. The van der Waals surface area contributed by atoms with Gasteiger partial charge in [-0.1, -0.05) is 29.8 Å². The summed E-state index contributed by atoms with van der Waals surface area (Å²) in [5.41, 5.74) is 5.78. The maximum atomic E-state index is 12.9. The molecular weight excluding hydrogens is 464 g/mol. The number of benzene rings is 2. The highest BCUT2D eigenvalue weighted by molar-refractivity contribution is 5.94. The van der Waals surface area contributed by atoms with Gasteiger partial charge >= 0.3 is 0 Å². The number of aryl methyl sites for hydroxylation is 1. The van der Waals surface area contributed by atoms with E-state index in [1.54, 1.807) is 13.3 Å². The Bertz CT molecular complexity index is 1400. The van der Waals surface area contributed by atoms with Crippen LogP contribution in [0.2, 0.25) is 0 Å². The summed E-state index contributed by atoms with van der Waals surface area (Å²) in [5.74, 6) is 1.19. The van der Waals surface area contributed by atoms with Crippen LogP contribution in [0, 0.1) is 6.92 Å². The number of amides is 2. The van der Waals surface area contributed by atoms with Gasteiger partial charge in [-0.25, -0.2) is 4.98 Å². The Balaban J connectivity index is 1.13. The number of imidazole rings is 1. The summed E-state index contributed by atoms with van der Waals surface area (Å²) in [6.07, 6.45) is 7.77. The van der Waals surface area contributed by atoms with E-state index in [-0.39, 0.29) is 11.8 Å². The minimum atomic E-state index is -0.0956. The van der Waals surface area contributed by atoms with Crippen LogP contribution in [0.3, 0.4) is 0 Å². The van der Waals surface area contributed by atoms with Crippen LogP contribution in [0.15, 0.2) is 73.2 Å². The first-order valence-electron chi connectivity index (χ1n) is 12.7. The van der Waals surface area contributed by atoms with Crippen LogP contribution in [-0.2, 0) is 17.8 Å². The molecule has 1 aliphatic heterocycles. The molecule has 0 unspecified atom stereocenters. The summed E-state index contributed by atoms with van der Waals surface area (Å²) in [4.78, 5) is 31.9. The van der Waals surface area contributed by atoms with Crippen LogP contribution >= 0.6 is 0 Å². The molecule has 2 aromatic carbocycles. The third-order valence-electron chi connectivity index (χ3n) is 7.18. The monoisotopic (exact) mass is 496 g/mol. The highest BCUT2D eigenvalue weighted by atomic mass is 16.5. The van der Waals surface area contributed by atoms with E-state index in [0.717, 1.165) is 54.0 Å². The lowest BCUT2D eigenvalue weighted by molar-refractivity contribution is -0.131. The lowest BCUT2D eigenvalue weighted by Gasteiger charge is -2.32. The zero-order valence-electron chi connectivity index (χ0n) is 21.3. The van der Waals surface area contributed by atoms with E-state index < -0.39 is 0 Å². The van der Waals surface area contributed by atoms with E-state index in [4.69, 9.17) is 4.74 Å². The second kappa shape index (κ2) is 10.9. The van der Waals surface area contributed by atoms with Crippen molar-refractivity contribution in [1.82, 2.24) is 19.6 Å². The van der Waals surface area contributed by atoms with E-state index in [1.807, 2.05) is 83.2 Å². The van der Waals surface area contributed by atoms with Gasteiger partial charge in [-0.05, 0) is 67.1 Å². The molecule has 2 aromatic heterocycles. The Labute approximate surface area is 217 Å². The highest BCUT2D eigenvalue weighted by Gasteiger charge is 2.24. The standard InChI is InChI=1S/C30H32N4O3/c1-21-3-8-27(37-2)26(17-21)19-29(35)34-14-10-24(11-15-34)23-4-6-25(7-5-23)30(36)32-20-22-9-13-33-16-12-31-28(33)18-22/h3-9,12-13,16-18,24H,10-11,14-15,19-20H2,1-2H3,(H,32,36). The number of nitrogens with zero attached hydrogens (tertiary/aromatic N) is 3. The Morgan fingerprint density at radius 3 is 2.57 bits per heavy atom. The van der Waals surface area contributed by atoms with Crippen LogP contribution < -0.4 is 10.1 Å². The molecular formula is C30H32N4O3. The molecule has 2 amide bonds. The Hall–Kier alpha value is -4.13. The van der Waals surface area contributed by atoms with Gasteiger partial charge in [-0.15, -0.1) is 0 Å². The van der Waals surface area contributed by atoms with Gasteiger partial charge in [-0.2, -0.15) is 0 Å². The maximum absolute atomic E-state index is 12.9. The Kier molecular flexibility index (Phi) is 7.21. The van der Waals surface area contributed by atoms with Gasteiger partial charge in [-0.3, -0.25) is 9.59 Å². The third-order valence-corrected chi connectivity index (χ3v) is 7.18. The zero-order valence-corrected chi connectivity index (χ0v) is 21.3. The number of hydrogen-bond acceptors (Lipinski definition) is 4. The predicted molar refractivity (Wildman–Crippen MR) is 143 cm³/mol. The molecule has 1 fully saturated rings. The van der Waals surface area contributed by atoms with Gasteiger partial charge < -0.3 is 19.4 Å². The Morgan fingerprint density at radius 2 is 1.81 bits per heavy atom. The van der Waals surface area contributed by atoms with E-state index >= 15 is 0 Å². The number of aromatic nitrogens is 2. The molecule has 4 aromatic rings. The maximum Gasteiger partial charge on any atom is 0.251 e. The minimum absolute atomic E-state index is 0.0956. The second-order valence-corrected chi connectivity index (χ2v) is 9.68. The van der Waals surface area contributed by atoms with E-state index in [1.165, 1.54) is 5.56 Å². The molecule has 0 aliphatic carbocycles. The van der Waals surface area contributed by atoms with Crippen LogP contribution in [0.25, 0.3) is 5.65 Å². The fourth-order valence-corrected chi connectivity index (χ4v) is 5.04. The molecule has 3 heterocycles. The summed E-state index contributed by atoms with van der Waals surface area (Å²) in [6.45, 7) is 3.95. The molecule has 1 N–H and O–H groups in total. The van der Waals surface area contributed by atoms with Crippen LogP contribution in [0.5, 0.6) is 5.75 Å². The number of ether oxygens (including phenoxy) is 1. The molecule has 0 atom stereocenters. The number of pyridine rings is 1. The molecule has 0 radical (unpaired) electrons. The van der Waals surface area contributed by atoms with Crippen molar-refractivity contribution in [2.75, 3.05) is 20.2 Å². The van der Waals surface area contributed by atoms with Crippen molar-refractivity contribution >= 4 is 17.5 Å². The number of carbonyl (C=O) groups is 2. The van der Waals surface area contributed by atoms with Crippen LogP contribution in [-0.4, -0.2) is 46.3 Å². The summed E-state index contributed by atoms with van der Waals surface area (Å²) < 4.78 is 7.37. The molecule has 7 heteroatoms. The lowest BCUT2D eigenvalue weighted by Crippen LogP contribution is -2.38. The summed E-state index contributed by atoms with van der Waals surface area (Å²) in [5, 5.41) is 2.99. The van der Waals surface area contributed by atoms with Gasteiger partial charge in [0.15, 0.2) is 0 Å². The van der Waals surface area contributed by atoms with E-state index in [9.17, 15) is 9.59 Å². The zero-order chi connectivity index (χ0) is 25.8. The second-order valence-electron chi connectivity index (χ2n) is 9.68. The third kappa shape index (κ3) is 5.66. The van der Waals surface area contributed by atoms with Gasteiger partial charge in [0, 0.05) is 49.4 Å². The number of likely N-dealkylation sites (tertiary alicyclic amines) is 1. The average Bonchev–Trinajstić information content (AvgIpc) is 3.40. The fraction of sp³-hybridized carbons (Fsp3) is 0.300. The molecule has 5 rings (SSSR count). The van der Waals surface area contributed by atoms with Crippen LogP contribution in [0.4, 0.5) is 0 Å². The van der Waals surface area contributed by atoms with E-state index in [0.29, 0.717) is 24.4 Å². The first kappa shape index (κ1) is 24.6. The van der Waals surface area contributed by atoms with Gasteiger partial charge in [0.2, 0.25) is 5.91 Å². The summed E-state index contributed by atoms with van der Waals surface area (Å²) >= 11 is 0. The van der Waals surface area contributed by atoms with Crippen molar-refractivity contribution in [2.24, 2.45) is 0 Å². The molecule has 0 saturated carbocycles. The molecule has 37 heavy (non-hydrogen) atoms. The van der Waals surface area contributed by atoms with Crippen molar-refractivity contribution in [3.05, 3.63) is 101 Å². The molecule has 1 aliphatic rings. The number of methoxy groups -OCH3 is 1. The van der Waals surface area contributed by atoms with E-state index in [2.05, 4.69) is 10.3 Å². The molecule has 0 spiro atoms. The van der Waals surface area contributed by atoms with Gasteiger partial charge in [0.1, 0.15) is 11.4 Å². The normalized spacial score (nSPS) is 14.1. The van der Waals surface area contributed by atoms with Crippen molar-refractivity contribution in [1.29, 1.82) is 0 Å². The lowest BCUT2D eigenvalue weighted by atomic mass is 9.88. The summed E-state index contributed by atoms with van der Waals surface area (Å²) in [7, 11) is 1.64. The molecule has 1 saturated heterocycles. The average molecular weight is 497 g/mol. The number of rotatable bonds is 7. The number of fused-ring (bicyclic) bond motifs is 1. The smallest absolute Gasteiger partial charge is 0.251 e.